The van der Waals surface area contributed by atoms with Gasteiger partial charge in [0.25, 0.3) is 5.91 Å². The fourth-order valence-electron chi connectivity index (χ4n) is 3.53. The quantitative estimate of drug-likeness (QED) is 0.319. The summed E-state index contributed by atoms with van der Waals surface area (Å²) in [6.07, 6.45) is -4.62. The van der Waals surface area contributed by atoms with Crippen molar-refractivity contribution < 1.29 is 34.8 Å². The highest BCUT2D eigenvalue weighted by Crippen LogP contribution is 2.34. The Hall–Kier alpha value is -2.63. The van der Waals surface area contributed by atoms with Crippen molar-refractivity contribution >= 4 is 23.8 Å². The smallest absolute Gasteiger partial charge is 0.331 e. The van der Waals surface area contributed by atoms with Crippen LogP contribution < -0.4 is 5.32 Å². The molecule has 0 aromatic heterocycles. The molecule has 1 aromatic carbocycles. The van der Waals surface area contributed by atoms with Crippen molar-refractivity contribution in [2.45, 2.75) is 36.6 Å². The van der Waals surface area contributed by atoms with Crippen molar-refractivity contribution in [1.82, 2.24) is 10.2 Å². The van der Waals surface area contributed by atoms with Crippen molar-refractivity contribution in [1.29, 1.82) is 0 Å². The number of benzene rings is 1. The SMILES string of the molecule is O=C1N/C(=C\C2C=Nc3ccccc32)C(=O)N1[C@@H]1O[C@H](CO)[C@@H](O)[C@H](O)[C@H]1O. The normalized spacial score (nSPS) is 36.1. The molecule has 3 heterocycles. The van der Waals surface area contributed by atoms with Crippen LogP contribution in [0.15, 0.2) is 41.0 Å². The molecule has 0 spiro atoms. The van der Waals surface area contributed by atoms with Crippen molar-refractivity contribution in [3.8, 4) is 0 Å². The Bertz CT molecular complexity index is 868. The first-order chi connectivity index (χ1) is 13.4. The van der Waals surface area contributed by atoms with Gasteiger partial charge >= 0.3 is 6.03 Å². The molecule has 148 valence electrons. The van der Waals surface area contributed by atoms with Crippen LogP contribution in [0.4, 0.5) is 10.5 Å². The molecule has 0 bridgehead atoms. The molecular weight excluding hydrogens is 370 g/mol. The minimum absolute atomic E-state index is 0.0184. The average Bonchev–Trinajstić information content (AvgIpc) is 3.22. The molecule has 6 atom stereocenters. The lowest BCUT2D eigenvalue weighted by atomic mass is 9.97. The van der Waals surface area contributed by atoms with E-state index in [0.29, 0.717) is 4.90 Å². The van der Waals surface area contributed by atoms with Gasteiger partial charge in [-0.25, -0.2) is 9.69 Å². The molecule has 3 amide bonds. The number of hydrogen-bond acceptors (Lipinski definition) is 8. The Morgan fingerprint density at radius 1 is 1.14 bits per heavy atom. The van der Waals surface area contributed by atoms with Gasteiger partial charge in [0.05, 0.1) is 12.3 Å². The van der Waals surface area contributed by atoms with Crippen LogP contribution in [-0.2, 0) is 9.53 Å². The second-order valence-electron chi connectivity index (χ2n) is 6.77. The molecule has 1 aromatic rings. The highest BCUT2D eigenvalue weighted by atomic mass is 16.6. The zero-order valence-electron chi connectivity index (χ0n) is 14.5. The Kier molecular flexibility index (Phi) is 4.73. The molecule has 0 radical (unpaired) electrons. The lowest BCUT2D eigenvalue weighted by molar-refractivity contribution is -0.253. The van der Waals surface area contributed by atoms with Crippen LogP contribution in [0.5, 0.6) is 0 Å². The number of aliphatic imine (C=N–C) groups is 1. The number of nitrogens with one attached hydrogen (secondary N) is 1. The van der Waals surface area contributed by atoms with Gasteiger partial charge in [-0.3, -0.25) is 9.79 Å². The first-order valence-electron chi connectivity index (χ1n) is 8.72. The van der Waals surface area contributed by atoms with E-state index in [2.05, 4.69) is 10.3 Å². The highest BCUT2D eigenvalue weighted by molar-refractivity contribution is 6.12. The standard InChI is InChI=1S/C18H19N3O7/c22-7-12-13(23)14(24)15(25)17(28-12)21-16(26)11(20-18(21)27)5-8-6-19-10-4-2-1-3-9(8)10/h1-6,8,12-15,17,22-25H,7H2,(H,20,27)/b11-5-/t8?,12-,13-,14+,15-,17-/m1/s1. The van der Waals surface area contributed by atoms with Gasteiger partial charge in [0, 0.05) is 12.1 Å². The number of fused-ring (bicyclic) bond motifs is 1. The molecule has 10 heteroatoms. The van der Waals surface area contributed by atoms with Gasteiger partial charge in [0.2, 0.25) is 0 Å². The first kappa shape index (κ1) is 18.7. The summed E-state index contributed by atoms with van der Waals surface area (Å²) >= 11 is 0. The number of carbonyl (C=O) groups excluding carboxylic acids is 2. The molecule has 2 saturated heterocycles. The molecule has 5 N–H and O–H groups in total. The van der Waals surface area contributed by atoms with E-state index in [4.69, 9.17) is 4.74 Å². The van der Waals surface area contributed by atoms with Crippen LogP contribution in [0, 0.1) is 0 Å². The summed E-state index contributed by atoms with van der Waals surface area (Å²) in [5, 5.41) is 41.7. The van der Waals surface area contributed by atoms with Gasteiger partial charge in [0.15, 0.2) is 6.23 Å². The number of rotatable bonds is 3. The topological polar surface area (TPSA) is 152 Å². The minimum Gasteiger partial charge on any atom is -0.394 e. The Labute approximate surface area is 159 Å². The number of aliphatic hydroxyl groups is 4. The van der Waals surface area contributed by atoms with Crippen LogP contribution >= 0.6 is 0 Å². The molecule has 3 aliphatic rings. The number of allylic oxidation sites excluding steroid dienone is 1. The number of amides is 3. The lowest BCUT2D eigenvalue weighted by Gasteiger charge is -2.42. The molecule has 2 fully saturated rings. The number of para-hydroxylation sites is 1. The van der Waals surface area contributed by atoms with Crippen LogP contribution in [-0.4, -0.2) is 80.7 Å². The van der Waals surface area contributed by atoms with Crippen molar-refractivity contribution in [3.63, 3.8) is 0 Å². The van der Waals surface area contributed by atoms with Gasteiger partial charge in [-0.05, 0) is 17.7 Å². The summed E-state index contributed by atoms with van der Waals surface area (Å²) in [6, 6.07) is 6.53. The van der Waals surface area contributed by atoms with Gasteiger partial charge in [-0.1, -0.05) is 18.2 Å². The Balaban J connectivity index is 1.59. The van der Waals surface area contributed by atoms with E-state index in [-0.39, 0.29) is 11.6 Å². The number of hydrogen-bond donors (Lipinski definition) is 5. The molecular formula is C18H19N3O7. The zero-order valence-corrected chi connectivity index (χ0v) is 14.5. The number of aliphatic hydroxyl groups excluding tert-OH is 4. The average molecular weight is 389 g/mol. The Morgan fingerprint density at radius 3 is 2.64 bits per heavy atom. The second-order valence-corrected chi connectivity index (χ2v) is 6.77. The van der Waals surface area contributed by atoms with E-state index in [1.54, 1.807) is 12.3 Å². The maximum atomic E-state index is 12.8. The zero-order chi connectivity index (χ0) is 20.0. The van der Waals surface area contributed by atoms with Crippen LogP contribution in [0.2, 0.25) is 0 Å². The summed E-state index contributed by atoms with van der Waals surface area (Å²) < 4.78 is 5.31. The molecule has 0 aliphatic carbocycles. The van der Waals surface area contributed by atoms with E-state index in [1.165, 1.54) is 0 Å². The highest BCUT2D eigenvalue weighted by Gasteiger charge is 2.51. The second kappa shape index (κ2) is 7.08. The van der Waals surface area contributed by atoms with E-state index >= 15 is 0 Å². The predicted molar refractivity (Wildman–Crippen MR) is 94.6 cm³/mol. The minimum atomic E-state index is -1.74. The van der Waals surface area contributed by atoms with E-state index in [9.17, 15) is 30.0 Å². The van der Waals surface area contributed by atoms with Gasteiger partial charge in [0.1, 0.15) is 30.1 Å². The number of urea groups is 1. The maximum Gasteiger partial charge on any atom is 0.331 e. The molecule has 1 unspecified atom stereocenters. The van der Waals surface area contributed by atoms with Gasteiger partial charge in [-0.15, -0.1) is 0 Å². The van der Waals surface area contributed by atoms with Crippen molar-refractivity contribution in [3.05, 3.63) is 41.6 Å². The number of nitrogens with zero attached hydrogens (tertiary/aromatic N) is 2. The lowest BCUT2D eigenvalue weighted by Crippen LogP contribution is -2.64. The summed E-state index contributed by atoms with van der Waals surface area (Å²) in [4.78, 5) is 30.0. The summed E-state index contributed by atoms with van der Waals surface area (Å²) in [6.45, 7) is -0.664. The Morgan fingerprint density at radius 2 is 1.89 bits per heavy atom. The van der Waals surface area contributed by atoms with Crippen LogP contribution in [0.1, 0.15) is 11.5 Å². The molecule has 3 aliphatic heterocycles. The fourth-order valence-corrected chi connectivity index (χ4v) is 3.53. The molecule has 28 heavy (non-hydrogen) atoms. The van der Waals surface area contributed by atoms with E-state index < -0.39 is 49.2 Å². The maximum absolute atomic E-state index is 12.8. The summed E-state index contributed by atoms with van der Waals surface area (Å²) in [5.74, 6) is -1.07. The molecule has 4 rings (SSSR count). The third-order valence-electron chi connectivity index (χ3n) is 5.05. The van der Waals surface area contributed by atoms with Gasteiger partial charge < -0.3 is 30.5 Å². The number of ether oxygens (including phenoxy) is 1. The molecule has 10 nitrogen and oxygen atoms in total. The van der Waals surface area contributed by atoms with Crippen LogP contribution in [0.25, 0.3) is 0 Å². The third kappa shape index (κ3) is 2.91. The summed E-state index contributed by atoms with van der Waals surface area (Å²) in [7, 11) is 0. The van der Waals surface area contributed by atoms with Crippen molar-refractivity contribution in [2.24, 2.45) is 4.99 Å². The van der Waals surface area contributed by atoms with E-state index in [1.807, 2.05) is 24.3 Å². The molecule has 0 saturated carbocycles. The fraction of sp³-hybridized carbons (Fsp3) is 0.389. The van der Waals surface area contributed by atoms with Gasteiger partial charge in [-0.2, -0.15) is 0 Å². The van der Waals surface area contributed by atoms with Crippen molar-refractivity contribution in [2.75, 3.05) is 6.61 Å². The van der Waals surface area contributed by atoms with Crippen LogP contribution in [0.3, 0.4) is 0 Å². The monoisotopic (exact) mass is 389 g/mol. The number of imide groups is 1. The third-order valence-corrected chi connectivity index (χ3v) is 5.05. The van der Waals surface area contributed by atoms with E-state index in [0.717, 1.165) is 11.3 Å². The largest absolute Gasteiger partial charge is 0.394 e. The summed E-state index contributed by atoms with van der Waals surface area (Å²) in [5.41, 5.74) is 1.63. The first-order valence-corrected chi connectivity index (χ1v) is 8.72. The number of carbonyl (C=O) groups is 2. The predicted octanol–water partition coefficient (Wildman–Crippen LogP) is -1.28.